The molecule has 0 aromatic heterocycles. The monoisotopic (exact) mass is 782 g/mol. The van der Waals surface area contributed by atoms with Crippen molar-refractivity contribution in [1.29, 1.82) is 0 Å². The highest BCUT2D eigenvalue weighted by Crippen LogP contribution is 2.43. The zero-order valence-corrected chi connectivity index (χ0v) is 31.6. The van der Waals surface area contributed by atoms with E-state index in [2.05, 4.69) is 21.9 Å². The summed E-state index contributed by atoms with van der Waals surface area (Å²) < 4.78 is 86.5. The molecule has 5 rings (SSSR count). The number of nitrogens with one attached hydrogen (secondary N) is 1. The van der Waals surface area contributed by atoms with Gasteiger partial charge < -0.3 is 14.8 Å². The molecule has 6 nitrogen and oxygen atoms in total. The number of carbonyl (C=O) groups is 2. The minimum Gasteiger partial charge on any atom is -0.469 e. The Morgan fingerprint density at radius 1 is 0.778 bits per heavy atom. The summed E-state index contributed by atoms with van der Waals surface area (Å²) in [4.78, 5) is 25.6. The van der Waals surface area contributed by atoms with Gasteiger partial charge >= 0.3 is 24.3 Å². The first-order chi connectivity index (χ1) is 25.6. The van der Waals surface area contributed by atoms with Crippen LogP contribution in [-0.4, -0.2) is 44.1 Å². The molecule has 54 heavy (non-hydrogen) atoms. The molecule has 0 spiro atoms. The average Bonchev–Trinajstić information content (AvgIpc) is 3.15. The van der Waals surface area contributed by atoms with Crippen LogP contribution in [-0.2, 0) is 31.4 Å². The molecule has 0 aliphatic carbocycles. The first-order valence-corrected chi connectivity index (χ1v) is 18.7. The van der Waals surface area contributed by atoms with Crippen LogP contribution in [0.1, 0.15) is 111 Å². The lowest BCUT2D eigenvalue weighted by Gasteiger charge is -2.44. The largest absolute Gasteiger partial charge is 0.469 e. The molecule has 2 heterocycles. The topological polar surface area (TPSA) is 67.9 Å². The quantitative estimate of drug-likeness (QED) is 0.154. The number of ether oxygens (including phenoxy) is 2. The third-order valence-electron chi connectivity index (χ3n) is 10.4. The normalized spacial score (nSPS) is 21.4. The number of likely N-dealkylation sites (tertiary alicyclic amines) is 1. The Hall–Kier alpha value is -3.61. The van der Waals surface area contributed by atoms with E-state index in [0.717, 1.165) is 92.6 Å². The van der Waals surface area contributed by atoms with Crippen molar-refractivity contribution in [2.75, 3.05) is 27.3 Å². The number of rotatable bonds is 11. The van der Waals surface area contributed by atoms with Crippen molar-refractivity contribution in [3.63, 3.8) is 0 Å². The molecule has 2 fully saturated rings. The van der Waals surface area contributed by atoms with E-state index in [1.807, 2.05) is 24.3 Å². The van der Waals surface area contributed by atoms with Crippen LogP contribution in [0.5, 0.6) is 0 Å². The SMILES string of the molecule is CCCCC(c1ccc(Cl)cc1)N1CC[C@@H](CC(=O)OC)C[C@H]1c1ccc(C(F)(F)F)cc1.COC(=O)C[C@@H]1CCN[C@H](c2ccc(C(F)(F)F)cc2)C1. The van der Waals surface area contributed by atoms with Crippen LogP contribution in [0.4, 0.5) is 26.3 Å². The van der Waals surface area contributed by atoms with Gasteiger partial charge in [0.15, 0.2) is 0 Å². The summed E-state index contributed by atoms with van der Waals surface area (Å²) in [5.41, 5.74) is 1.51. The fourth-order valence-corrected chi connectivity index (χ4v) is 7.55. The van der Waals surface area contributed by atoms with Crippen molar-refractivity contribution in [1.82, 2.24) is 10.2 Å². The number of methoxy groups -OCH3 is 2. The van der Waals surface area contributed by atoms with E-state index in [9.17, 15) is 35.9 Å². The summed E-state index contributed by atoms with van der Waals surface area (Å²) in [7, 11) is 2.74. The summed E-state index contributed by atoms with van der Waals surface area (Å²) >= 11 is 6.11. The minimum absolute atomic E-state index is 0.0179. The first-order valence-electron chi connectivity index (χ1n) is 18.3. The zero-order valence-electron chi connectivity index (χ0n) is 30.8. The van der Waals surface area contributed by atoms with Gasteiger partial charge in [-0.1, -0.05) is 67.8 Å². The standard InChI is InChI=1S/C26H31ClF3NO2.C15H18F3NO2/c1-3-4-5-23(19-8-12-22(27)13-9-19)31-15-14-18(17-25(32)33-2)16-24(31)20-6-10-21(11-7-20)26(28,29)30;1-21-14(20)9-10-6-7-19-13(8-10)11-2-4-12(5-3-11)15(16,17)18/h6-13,18,23-24H,3-5,14-17H2,1-2H3;2-5,10,13,19H,6-9H2,1H3/t18-,23?,24+;10-,13+/m11/s1. The Bertz CT molecular complexity index is 1620. The minimum atomic E-state index is -4.37. The Morgan fingerprint density at radius 2 is 1.30 bits per heavy atom. The molecule has 1 N–H and O–H groups in total. The smallest absolute Gasteiger partial charge is 0.416 e. The molecule has 0 saturated carbocycles. The summed E-state index contributed by atoms with van der Waals surface area (Å²) in [6.45, 7) is 3.65. The fraction of sp³-hybridized carbons (Fsp3) is 0.512. The lowest BCUT2D eigenvalue weighted by atomic mass is 9.82. The highest BCUT2D eigenvalue weighted by molar-refractivity contribution is 6.30. The molecule has 2 aliphatic heterocycles. The molecule has 296 valence electrons. The third-order valence-corrected chi connectivity index (χ3v) is 10.6. The summed E-state index contributed by atoms with van der Waals surface area (Å²) in [6, 6.07) is 18.5. The molecular weight excluding hydrogens is 734 g/mol. The van der Waals surface area contributed by atoms with Crippen LogP contribution in [0, 0.1) is 11.8 Å². The Labute approximate surface area is 318 Å². The third kappa shape index (κ3) is 12.5. The summed E-state index contributed by atoms with van der Waals surface area (Å²) in [6.07, 6.45) is -1.86. The van der Waals surface area contributed by atoms with E-state index in [1.54, 1.807) is 12.1 Å². The molecule has 2 aliphatic rings. The van der Waals surface area contributed by atoms with E-state index in [0.29, 0.717) is 24.3 Å². The summed E-state index contributed by atoms with van der Waals surface area (Å²) in [5, 5.41) is 3.95. The van der Waals surface area contributed by atoms with Crippen LogP contribution < -0.4 is 5.32 Å². The Morgan fingerprint density at radius 3 is 1.80 bits per heavy atom. The number of unbranched alkanes of at least 4 members (excludes halogenated alkanes) is 1. The van der Waals surface area contributed by atoms with Gasteiger partial charge in [-0.3, -0.25) is 14.5 Å². The van der Waals surface area contributed by atoms with E-state index in [4.69, 9.17) is 16.3 Å². The molecule has 3 aromatic carbocycles. The predicted molar refractivity (Wildman–Crippen MR) is 196 cm³/mol. The number of hydrogen-bond donors (Lipinski definition) is 1. The molecule has 1 unspecified atom stereocenters. The molecule has 13 heteroatoms. The van der Waals surface area contributed by atoms with Gasteiger partial charge in [0.25, 0.3) is 0 Å². The van der Waals surface area contributed by atoms with Crippen molar-refractivity contribution in [3.05, 3.63) is 106 Å². The van der Waals surface area contributed by atoms with E-state index < -0.39 is 23.5 Å². The maximum Gasteiger partial charge on any atom is 0.416 e. The van der Waals surface area contributed by atoms with Gasteiger partial charge in [-0.2, -0.15) is 26.3 Å². The van der Waals surface area contributed by atoms with Crippen LogP contribution >= 0.6 is 11.6 Å². The van der Waals surface area contributed by atoms with Crippen LogP contribution in [0.25, 0.3) is 0 Å². The van der Waals surface area contributed by atoms with Crippen molar-refractivity contribution in [3.8, 4) is 0 Å². The van der Waals surface area contributed by atoms with Gasteiger partial charge in [-0.15, -0.1) is 0 Å². The van der Waals surface area contributed by atoms with E-state index in [-0.39, 0.29) is 41.9 Å². The van der Waals surface area contributed by atoms with Crippen LogP contribution in [0.3, 0.4) is 0 Å². The molecule has 0 amide bonds. The van der Waals surface area contributed by atoms with Crippen molar-refractivity contribution >= 4 is 23.5 Å². The summed E-state index contributed by atoms with van der Waals surface area (Å²) in [5.74, 6) is -0.169. The first kappa shape index (κ1) is 43.1. The van der Waals surface area contributed by atoms with Crippen molar-refractivity contribution < 1.29 is 45.4 Å². The molecule has 3 aromatic rings. The molecule has 5 atom stereocenters. The fourth-order valence-electron chi connectivity index (χ4n) is 7.42. The number of carbonyl (C=O) groups excluding carboxylic acids is 2. The molecule has 2 saturated heterocycles. The second-order valence-corrected chi connectivity index (χ2v) is 14.5. The average molecular weight is 783 g/mol. The van der Waals surface area contributed by atoms with Gasteiger partial charge in [0.1, 0.15) is 0 Å². The maximum atomic E-state index is 13.1. The number of benzene rings is 3. The van der Waals surface area contributed by atoms with Crippen LogP contribution in [0.15, 0.2) is 72.8 Å². The number of halogens is 7. The molecular formula is C41H49ClF6N2O4. The number of esters is 2. The lowest BCUT2D eigenvalue weighted by molar-refractivity contribution is -0.143. The van der Waals surface area contributed by atoms with Crippen molar-refractivity contribution in [2.24, 2.45) is 11.8 Å². The highest BCUT2D eigenvalue weighted by atomic mass is 35.5. The number of piperidine rings is 2. The van der Waals surface area contributed by atoms with Gasteiger partial charge in [0, 0.05) is 36.0 Å². The van der Waals surface area contributed by atoms with Crippen molar-refractivity contribution in [2.45, 2.75) is 95.2 Å². The highest BCUT2D eigenvalue weighted by Gasteiger charge is 2.37. The van der Waals surface area contributed by atoms with Gasteiger partial charge in [0.05, 0.1) is 25.3 Å². The zero-order chi connectivity index (χ0) is 39.5. The van der Waals surface area contributed by atoms with E-state index in [1.165, 1.54) is 26.4 Å². The lowest BCUT2D eigenvalue weighted by Crippen LogP contribution is -2.40. The Balaban J connectivity index is 0.000000266. The van der Waals surface area contributed by atoms with Gasteiger partial charge in [0.2, 0.25) is 0 Å². The van der Waals surface area contributed by atoms with Gasteiger partial charge in [-0.25, -0.2) is 0 Å². The predicted octanol–water partition coefficient (Wildman–Crippen LogP) is 10.9. The number of alkyl halides is 6. The molecule has 0 bridgehead atoms. The second-order valence-electron chi connectivity index (χ2n) is 14.1. The maximum absolute atomic E-state index is 13.1. The van der Waals surface area contributed by atoms with E-state index >= 15 is 0 Å². The number of hydrogen-bond acceptors (Lipinski definition) is 6. The number of nitrogens with zero attached hydrogens (tertiary/aromatic N) is 1. The van der Waals surface area contributed by atoms with Gasteiger partial charge in [-0.05, 0) is 110 Å². The Kier molecular flexibility index (Phi) is 15.8. The molecule has 0 radical (unpaired) electrons. The second kappa shape index (κ2) is 19.8. The van der Waals surface area contributed by atoms with Crippen LogP contribution in [0.2, 0.25) is 5.02 Å².